The summed E-state index contributed by atoms with van der Waals surface area (Å²) in [7, 11) is 0. The molecule has 0 N–H and O–H groups in total. The van der Waals surface area contributed by atoms with E-state index >= 15 is 0 Å². The summed E-state index contributed by atoms with van der Waals surface area (Å²) in [6, 6.07) is 5.39. The molecule has 0 spiro atoms. The number of hydrogen-bond acceptors (Lipinski definition) is 0. The van der Waals surface area contributed by atoms with Crippen LogP contribution in [-0.2, 0) is 12.6 Å². The van der Waals surface area contributed by atoms with E-state index in [-0.39, 0.29) is 5.38 Å². The first kappa shape index (κ1) is 13.3. The largest absolute Gasteiger partial charge is 0.416 e. The van der Waals surface area contributed by atoms with Crippen molar-refractivity contribution < 1.29 is 13.2 Å². The molecule has 2 saturated carbocycles. The molecule has 3 atom stereocenters. The number of alkyl halides is 4. The Morgan fingerprint density at radius 1 is 1.05 bits per heavy atom. The highest BCUT2D eigenvalue weighted by atomic mass is 35.5. The molecule has 1 aromatic carbocycles. The Bertz CT molecular complexity index is 441. The molecule has 3 rings (SSSR count). The molecule has 2 fully saturated rings. The maximum absolute atomic E-state index is 12.4. The standard InChI is InChI=1S/C15H16ClF3/c16-14(12-7-10-6-11(10)8-12)5-9-1-3-13(4-2-9)15(17,18)19/h1-4,10-12,14H,5-8H2. The van der Waals surface area contributed by atoms with Gasteiger partial charge in [0, 0.05) is 5.38 Å². The number of fused-ring (bicyclic) bond motifs is 1. The summed E-state index contributed by atoms with van der Waals surface area (Å²) < 4.78 is 37.3. The van der Waals surface area contributed by atoms with Crippen LogP contribution in [0.25, 0.3) is 0 Å². The number of halogens is 4. The molecule has 0 aliphatic heterocycles. The van der Waals surface area contributed by atoms with E-state index in [2.05, 4.69) is 0 Å². The average molecular weight is 289 g/mol. The van der Waals surface area contributed by atoms with E-state index in [1.54, 1.807) is 12.1 Å². The fourth-order valence-corrected chi connectivity index (χ4v) is 3.66. The molecule has 0 heterocycles. The first-order chi connectivity index (χ1) is 8.93. The van der Waals surface area contributed by atoms with E-state index in [4.69, 9.17) is 11.6 Å². The Labute approximate surface area is 116 Å². The van der Waals surface area contributed by atoms with Crippen molar-refractivity contribution in [2.24, 2.45) is 17.8 Å². The van der Waals surface area contributed by atoms with Gasteiger partial charge in [-0.1, -0.05) is 12.1 Å². The zero-order valence-corrected chi connectivity index (χ0v) is 11.2. The second kappa shape index (κ2) is 4.69. The van der Waals surface area contributed by atoms with E-state index in [9.17, 15) is 13.2 Å². The third-order valence-electron chi connectivity index (χ3n) is 4.50. The predicted octanol–water partition coefficient (Wildman–Crippen LogP) is 4.90. The predicted molar refractivity (Wildman–Crippen MR) is 69.1 cm³/mol. The summed E-state index contributed by atoms with van der Waals surface area (Å²) in [6.45, 7) is 0. The maximum Gasteiger partial charge on any atom is 0.416 e. The van der Waals surface area contributed by atoms with Crippen molar-refractivity contribution in [2.45, 2.75) is 37.2 Å². The van der Waals surface area contributed by atoms with Gasteiger partial charge in [0.1, 0.15) is 0 Å². The van der Waals surface area contributed by atoms with Gasteiger partial charge >= 0.3 is 6.18 Å². The van der Waals surface area contributed by atoms with Gasteiger partial charge in [-0.3, -0.25) is 0 Å². The lowest BCUT2D eigenvalue weighted by molar-refractivity contribution is -0.137. The molecular weight excluding hydrogens is 273 g/mol. The Hall–Kier alpha value is -0.700. The monoisotopic (exact) mass is 288 g/mol. The van der Waals surface area contributed by atoms with Crippen LogP contribution in [0.15, 0.2) is 24.3 Å². The van der Waals surface area contributed by atoms with Crippen molar-refractivity contribution in [3.63, 3.8) is 0 Å². The normalized spacial score (nSPS) is 31.1. The summed E-state index contributed by atoms with van der Waals surface area (Å²) in [5.74, 6) is 2.32. The van der Waals surface area contributed by atoms with Crippen LogP contribution in [-0.4, -0.2) is 5.38 Å². The molecule has 19 heavy (non-hydrogen) atoms. The molecular formula is C15H16ClF3. The number of rotatable bonds is 3. The van der Waals surface area contributed by atoms with E-state index in [0.29, 0.717) is 12.3 Å². The summed E-state index contributed by atoms with van der Waals surface area (Å²) in [4.78, 5) is 0. The lowest BCUT2D eigenvalue weighted by Gasteiger charge is -2.18. The number of benzene rings is 1. The Morgan fingerprint density at radius 3 is 2.16 bits per heavy atom. The van der Waals surface area contributed by atoms with Gasteiger partial charge in [0.25, 0.3) is 0 Å². The molecule has 0 amide bonds. The van der Waals surface area contributed by atoms with Crippen LogP contribution in [0.5, 0.6) is 0 Å². The highest BCUT2D eigenvalue weighted by Gasteiger charge is 2.47. The van der Waals surface area contributed by atoms with Crippen molar-refractivity contribution in [3.8, 4) is 0 Å². The first-order valence-corrected chi connectivity index (χ1v) is 7.17. The van der Waals surface area contributed by atoms with Crippen LogP contribution < -0.4 is 0 Å². The Morgan fingerprint density at radius 2 is 1.63 bits per heavy atom. The van der Waals surface area contributed by atoms with Crippen molar-refractivity contribution in [3.05, 3.63) is 35.4 Å². The van der Waals surface area contributed by atoms with Crippen LogP contribution in [0.4, 0.5) is 13.2 Å². The molecule has 0 bridgehead atoms. The molecule has 104 valence electrons. The third kappa shape index (κ3) is 2.91. The van der Waals surface area contributed by atoms with Crippen LogP contribution in [0.3, 0.4) is 0 Å². The Balaban J connectivity index is 1.60. The van der Waals surface area contributed by atoms with E-state index < -0.39 is 11.7 Å². The minimum Gasteiger partial charge on any atom is -0.166 e. The minimum absolute atomic E-state index is 0.0598. The van der Waals surface area contributed by atoms with Crippen LogP contribution >= 0.6 is 11.6 Å². The quantitative estimate of drug-likeness (QED) is 0.694. The zero-order chi connectivity index (χ0) is 13.6. The van der Waals surface area contributed by atoms with Gasteiger partial charge in [0.15, 0.2) is 0 Å². The zero-order valence-electron chi connectivity index (χ0n) is 10.5. The molecule has 0 nitrogen and oxygen atoms in total. The second-order valence-electron chi connectivity index (χ2n) is 5.90. The van der Waals surface area contributed by atoms with Crippen LogP contribution in [0.1, 0.15) is 30.4 Å². The summed E-state index contributed by atoms with van der Waals surface area (Å²) in [6.07, 6.45) is 0.189. The van der Waals surface area contributed by atoms with Gasteiger partial charge in [-0.25, -0.2) is 0 Å². The lowest BCUT2D eigenvalue weighted by atomic mass is 9.94. The SMILES string of the molecule is FC(F)(F)c1ccc(CC(Cl)C2CC3CC3C2)cc1. The summed E-state index contributed by atoms with van der Waals surface area (Å²) >= 11 is 6.41. The molecule has 0 saturated heterocycles. The topological polar surface area (TPSA) is 0 Å². The van der Waals surface area contributed by atoms with Gasteiger partial charge in [-0.2, -0.15) is 13.2 Å². The maximum atomic E-state index is 12.4. The van der Waals surface area contributed by atoms with Gasteiger partial charge < -0.3 is 0 Å². The summed E-state index contributed by atoms with van der Waals surface area (Å²) in [5.41, 5.74) is 0.304. The van der Waals surface area contributed by atoms with Gasteiger partial charge in [-0.05, 0) is 61.1 Å². The minimum atomic E-state index is -4.26. The smallest absolute Gasteiger partial charge is 0.166 e. The molecule has 3 unspecified atom stereocenters. The fraction of sp³-hybridized carbons (Fsp3) is 0.600. The fourth-order valence-electron chi connectivity index (χ4n) is 3.28. The van der Waals surface area contributed by atoms with Crippen LogP contribution in [0.2, 0.25) is 0 Å². The van der Waals surface area contributed by atoms with Gasteiger partial charge in [-0.15, -0.1) is 11.6 Å². The lowest BCUT2D eigenvalue weighted by Crippen LogP contribution is -2.16. The van der Waals surface area contributed by atoms with E-state index in [0.717, 1.165) is 29.5 Å². The molecule has 0 radical (unpaired) electrons. The molecule has 2 aliphatic carbocycles. The molecule has 4 heteroatoms. The van der Waals surface area contributed by atoms with Gasteiger partial charge in [0.05, 0.1) is 5.56 Å². The van der Waals surface area contributed by atoms with Crippen LogP contribution in [0, 0.1) is 17.8 Å². The van der Waals surface area contributed by atoms with Crippen molar-refractivity contribution in [1.82, 2.24) is 0 Å². The second-order valence-corrected chi connectivity index (χ2v) is 6.46. The van der Waals surface area contributed by atoms with Crippen molar-refractivity contribution >= 4 is 11.6 Å². The third-order valence-corrected chi connectivity index (χ3v) is 5.01. The molecule has 0 aromatic heterocycles. The van der Waals surface area contributed by atoms with Crippen molar-refractivity contribution in [2.75, 3.05) is 0 Å². The first-order valence-electron chi connectivity index (χ1n) is 6.73. The van der Waals surface area contributed by atoms with E-state index in [1.165, 1.54) is 19.3 Å². The highest BCUT2D eigenvalue weighted by Crippen LogP contribution is 2.56. The molecule has 1 aromatic rings. The Kier molecular flexibility index (Phi) is 3.28. The average Bonchev–Trinajstić information content (AvgIpc) is 2.95. The van der Waals surface area contributed by atoms with Gasteiger partial charge in [0.2, 0.25) is 0 Å². The highest BCUT2D eigenvalue weighted by molar-refractivity contribution is 6.20. The number of hydrogen-bond donors (Lipinski definition) is 0. The van der Waals surface area contributed by atoms with E-state index in [1.807, 2.05) is 0 Å². The molecule has 2 aliphatic rings. The van der Waals surface area contributed by atoms with Crippen molar-refractivity contribution in [1.29, 1.82) is 0 Å². The summed E-state index contributed by atoms with van der Waals surface area (Å²) in [5, 5.41) is 0.0598.